The minimum atomic E-state index is -0.590. The number of ether oxygens (including phenoxy) is 1. The maximum Gasteiger partial charge on any atom is 0.407 e. The molecule has 1 amide bonds. The van der Waals surface area contributed by atoms with E-state index in [1.54, 1.807) is 12.1 Å². The van der Waals surface area contributed by atoms with Crippen molar-refractivity contribution in [3.63, 3.8) is 0 Å². The van der Waals surface area contributed by atoms with Crippen molar-refractivity contribution in [1.82, 2.24) is 15.3 Å². The number of amides is 1. The van der Waals surface area contributed by atoms with Crippen molar-refractivity contribution >= 4 is 33.4 Å². The number of aromatic nitrogens is 2. The molecule has 0 aromatic carbocycles. The molecule has 0 spiro atoms. The Bertz CT molecular complexity index is 605. The molecule has 2 rings (SSSR count). The van der Waals surface area contributed by atoms with Crippen LogP contribution in [-0.2, 0) is 11.3 Å². The standard InChI is InChI=1S/C11H9BrFN3O2S/c1-14-11(17)18-5-7-16-8(9(12)19-7)6-3-2-4-15-10(6)13/h2-4H,5H2,1H3,(H,14,17). The van der Waals surface area contributed by atoms with E-state index in [4.69, 9.17) is 4.74 Å². The summed E-state index contributed by atoms with van der Waals surface area (Å²) in [6.45, 7) is 0.0326. The van der Waals surface area contributed by atoms with Gasteiger partial charge in [-0.25, -0.2) is 14.8 Å². The van der Waals surface area contributed by atoms with Crippen LogP contribution in [0.25, 0.3) is 11.3 Å². The van der Waals surface area contributed by atoms with Gasteiger partial charge in [0.15, 0.2) is 0 Å². The maximum atomic E-state index is 13.6. The molecule has 0 saturated carbocycles. The molecule has 0 radical (unpaired) electrons. The summed E-state index contributed by atoms with van der Waals surface area (Å²) in [5, 5.41) is 2.90. The molecule has 8 heteroatoms. The Morgan fingerprint density at radius 3 is 3.11 bits per heavy atom. The first-order valence-electron chi connectivity index (χ1n) is 5.22. The van der Waals surface area contributed by atoms with E-state index < -0.39 is 12.0 Å². The van der Waals surface area contributed by atoms with Crippen LogP contribution in [-0.4, -0.2) is 23.1 Å². The number of alkyl carbamates (subject to hydrolysis) is 1. The van der Waals surface area contributed by atoms with Gasteiger partial charge in [-0.3, -0.25) is 0 Å². The molecule has 0 aliphatic carbocycles. The zero-order valence-electron chi connectivity index (χ0n) is 9.81. The Morgan fingerprint density at radius 2 is 2.42 bits per heavy atom. The minimum Gasteiger partial charge on any atom is -0.442 e. The van der Waals surface area contributed by atoms with Gasteiger partial charge < -0.3 is 10.1 Å². The number of carbonyl (C=O) groups is 1. The van der Waals surface area contributed by atoms with Gasteiger partial charge in [-0.05, 0) is 28.1 Å². The second-order valence-electron chi connectivity index (χ2n) is 3.40. The fourth-order valence-electron chi connectivity index (χ4n) is 1.33. The van der Waals surface area contributed by atoms with Gasteiger partial charge in [-0.15, -0.1) is 11.3 Å². The van der Waals surface area contributed by atoms with Crippen LogP contribution >= 0.6 is 27.3 Å². The lowest BCUT2D eigenvalue weighted by atomic mass is 10.2. The second-order valence-corrected chi connectivity index (χ2v) is 5.80. The van der Waals surface area contributed by atoms with Crippen molar-refractivity contribution in [1.29, 1.82) is 0 Å². The Kier molecular flexibility index (Phi) is 4.43. The third-order valence-electron chi connectivity index (χ3n) is 2.18. The molecule has 2 aromatic rings. The van der Waals surface area contributed by atoms with Gasteiger partial charge in [-0.1, -0.05) is 0 Å². The van der Waals surface area contributed by atoms with Gasteiger partial charge >= 0.3 is 6.09 Å². The lowest BCUT2D eigenvalue weighted by molar-refractivity contribution is 0.142. The molecule has 100 valence electrons. The third kappa shape index (κ3) is 3.27. The highest BCUT2D eigenvalue weighted by Crippen LogP contribution is 2.33. The molecule has 0 saturated heterocycles. The molecule has 1 N–H and O–H groups in total. The summed E-state index contributed by atoms with van der Waals surface area (Å²) in [6.07, 6.45) is 0.828. The predicted octanol–water partition coefficient (Wildman–Crippen LogP) is 2.96. The Balaban J connectivity index is 2.22. The summed E-state index contributed by atoms with van der Waals surface area (Å²) >= 11 is 4.59. The molecule has 0 fully saturated rings. The number of halogens is 2. The number of carbonyl (C=O) groups excluding carboxylic acids is 1. The average Bonchev–Trinajstić information content (AvgIpc) is 2.77. The molecule has 0 bridgehead atoms. The zero-order chi connectivity index (χ0) is 13.8. The molecular formula is C11H9BrFN3O2S. The monoisotopic (exact) mass is 345 g/mol. The highest BCUT2D eigenvalue weighted by atomic mass is 79.9. The van der Waals surface area contributed by atoms with Crippen LogP contribution in [0.1, 0.15) is 5.01 Å². The van der Waals surface area contributed by atoms with Crippen molar-refractivity contribution in [3.05, 3.63) is 33.1 Å². The van der Waals surface area contributed by atoms with E-state index in [9.17, 15) is 9.18 Å². The molecule has 5 nitrogen and oxygen atoms in total. The van der Waals surface area contributed by atoms with Gasteiger partial charge in [0.25, 0.3) is 0 Å². The molecule has 19 heavy (non-hydrogen) atoms. The fourth-order valence-corrected chi connectivity index (χ4v) is 2.91. The van der Waals surface area contributed by atoms with Crippen LogP contribution in [0, 0.1) is 5.95 Å². The van der Waals surface area contributed by atoms with Crippen LogP contribution < -0.4 is 5.32 Å². The SMILES string of the molecule is CNC(=O)OCc1nc(-c2cccnc2F)c(Br)s1. The molecule has 0 atom stereocenters. The molecular weight excluding hydrogens is 337 g/mol. The largest absolute Gasteiger partial charge is 0.442 e. The first-order valence-corrected chi connectivity index (χ1v) is 6.83. The summed E-state index contributed by atoms with van der Waals surface area (Å²) in [5.41, 5.74) is 0.753. The van der Waals surface area contributed by atoms with E-state index in [2.05, 4.69) is 31.2 Å². The van der Waals surface area contributed by atoms with E-state index in [0.717, 1.165) is 0 Å². The van der Waals surface area contributed by atoms with E-state index in [0.29, 0.717) is 20.1 Å². The predicted molar refractivity (Wildman–Crippen MR) is 72.2 cm³/mol. The van der Waals surface area contributed by atoms with Gasteiger partial charge in [0.2, 0.25) is 5.95 Å². The number of hydrogen-bond acceptors (Lipinski definition) is 5. The number of rotatable bonds is 3. The number of thiazole rings is 1. The molecule has 0 unspecified atom stereocenters. The summed E-state index contributed by atoms with van der Waals surface area (Å²) < 4.78 is 19.1. The topological polar surface area (TPSA) is 64.1 Å². The van der Waals surface area contributed by atoms with E-state index in [1.165, 1.54) is 24.6 Å². The Hall–Kier alpha value is -1.54. The lowest BCUT2D eigenvalue weighted by Gasteiger charge is -2.00. The normalized spacial score (nSPS) is 10.3. The van der Waals surface area contributed by atoms with Crippen molar-refractivity contribution in [2.24, 2.45) is 0 Å². The quantitative estimate of drug-likeness (QED) is 0.868. The van der Waals surface area contributed by atoms with Crippen LogP contribution in [0.3, 0.4) is 0 Å². The zero-order valence-corrected chi connectivity index (χ0v) is 12.2. The van der Waals surface area contributed by atoms with E-state index >= 15 is 0 Å². The van der Waals surface area contributed by atoms with Crippen LogP contribution in [0.15, 0.2) is 22.1 Å². The van der Waals surface area contributed by atoms with Crippen molar-refractivity contribution in [2.45, 2.75) is 6.61 Å². The third-order valence-corrected chi connectivity index (χ3v) is 3.85. The first-order chi connectivity index (χ1) is 9.11. The van der Waals surface area contributed by atoms with Crippen molar-refractivity contribution < 1.29 is 13.9 Å². The minimum absolute atomic E-state index is 0.0326. The van der Waals surface area contributed by atoms with Gasteiger partial charge in [0.1, 0.15) is 17.3 Å². The lowest BCUT2D eigenvalue weighted by Crippen LogP contribution is -2.18. The van der Waals surface area contributed by atoms with Crippen molar-refractivity contribution in [2.75, 3.05) is 7.05 Å². The fraction of sp³-hybridized carbons (Fsp3) is 0.182. The second kappa shape index (κ2) is 6.07. The Morgan fingerprint density at radius 1 is 1.63 bits per heavy atom. The average molecular weight is 346 g/mol. The van der Waals surface area contributed by atoms with Gasteiger partial charge in [0.05, 0.1) is 9.35 Å². The van der Waals surface area contributed by atoms with Crippen LogP contribution in [0.5, 0.6) is 0 Å². The summed E-state index contributed by atoms with van der Waals surface area (Å²) in [6, 6.07) is 3.22. The highest BCUT2D eigenvalue weighted by molar-refractivity contribution is 9.11. The van der Waals surface area contributed by atoms with Crippen LogP contribution in [0.2, 0.25) is 0 Å². The number of nitrogens with zero attached hydrogens (tertiary/aromatic N) is 2. The van der Waals surface area contributed by atoms with Crippen LogP contribution in [0.4, 0.5) is 9.18 Å². The maximum absolute atomic E-state index is 13.6. The van der Waals surface area contributed by atoms with Gasteiger partial charge in [0, 0.05) is 13.2 Å². The van der Waals surface area contributed by atoms with Gasteiger partial charge in [-0.2, -0.15) is 4.39 Å². The Labute approximate surface area is 121 Å². The molecule has 0 aliphatic heterocycles. The van der Waals surface area contributed by atoms with E-state index in [-0.39, 0.29) is 6.61 Å². The summed E-state index contributed by atoms with van der Waals surface area (Å²) in [5.74, 6) is -0.590. The van der Waals surface area contributed by atoms with Crippen molar-refractivity contribution in [3.8, 4) is 11.3 Å². The van der Waals surface area contributed by atoms with E-state index in [1.807, 2.05) is 0 Å². The summed E-state index contributed by atoms with van der Waals surface area (Å²) in [7, 11) is 1.47. The summed E-state index contributed by atoms with van der Waals surface area (Å²) in [4.78, 5) is 18.8. The number of hydrogen-bond donors (Lipinski definition) is 1. The highest BCUT2D eigenvalue weighted by Gasteiger charge is 2.15. The number of nitrogens with one attached hydrogen (secondary N) is 1. The first kappa shape index (κ1) is 13.9. The molecule has 0 aliphatic rings. The molecule has 2 aromatic heterocycles. The number of pyridine rings is 1. The molecule has 2 heterocycles. The smallest absolute Gasteiger partial charge is 0.407 e.